The average molecular weight is 176 g/mol. The molecule has 0 aromatic rings. The highest BCUT2D eigenvalue weighted by molar-refractivity contribution is 7.97. The Balaban J connectivity index is 0. The minimum atomic E-state index is -3.13. The van der Waals surface area contributed by atoms with E-state index in [1.165, 1.54) is 6.20 Å². The van der Waals surface area contributed by atoms with Gasteiger partial charge in [-0.3, -0.25) is 5.84 Å². The van der Waals surface area contributed by atoms with Gasteiger partial charge in [0, 0.05) is 17.0 Å². The number of nitrogens with one attached hydrogen (secondary N) is 1. The summed E-state index contributed by atoms with van der Waals surface area (Å²) < 4.78 is 20.3. The molecule has 0 atom stereocenters. The predicted octanol–water partition coefficient (Wildman–Crippen LogP) is 0.281. The highest BCUT2D eigenvalue weighted by Gasteiger charge is 1.90. The van der Waals surface area contributed by atoms with Crippen molar-refractivity contribution in [2.45, 2.75) is 0 Å². The summed E-state index contributed by atoms with van der Waals surface area (Å²) in [6, 6.07) is 0. The molecule has 0 fully saturated rings. The van der Waals surface area contributed by atoms with Gasteiger partial charge in [0.1, 0.15) is 0 Å². The number of hydrogen-bond acceptors (Lipinski definition) is 4. The fraction of sp³-hybridized carbons (Fsp3) is 0. The van der Waals surface area contributed by atoms with E-state index in [1.54, 1.807) is 0 Å². The van der Waals surface area contributed by atoms with E-state index in [-0.39, 0.29) is 0 Å². The molecule has 0 aromatic heterocycles. The third kappa shape index (κ3) is 12.2. The SMILES string of the molecule is C=CNN.C=CS(=O)(=O)C=C. The molecule has 0 rings (SSSR count). The molecular weight excluding hydrogens is 164 g/mol. The van der Waals surface area contributed by atoms with E-state index < -0.39 is 9.84 Å². The zero-order chi connectivity index (χ0) is 9.33. The van der Waals surface area contributed by atoms with Crippen molar-refractivity contribution in [3.8, 4) is 0 Å². The Morgan fingerprint density at radius 2 is 1.45 bits per heavy atom. The first kappa shape index (κ1) is 12.6. The smallest absolute Gasteiger partial charge is 0.191 e. The van der Waals surface area contributed by atoms with Crippen LogP contribution in [0.1, 0.15) is 0 Å². The predicted molar refractivity (Wildman–Crippen MR) is 46.8 cm³/mol. The number of nitrogens with two attached hydrogens (primary N) is 1. The van der Waals surface area contributed by atoms with Crippen molar-refractivity contribution >= 4 is 9.84 Å². The summed E-state index contributed by atoms with van der Waals surface area (Å²) in [7, 11) is -3.13. The Labute approximate surface area is 67.0 Å². The van der Waals surface area contributed by atoms with Crippen LogP contribution in [-0.2, 0) is 9.84 Å². The van der Waals surface area contributed by atoms with Gasteiger partial charge in [-0.1, -0.05) is 19.7 Å². The molecule has 0 radical (unpaired) electrons. The van der Waals surface area contributed by atoms with Crippen LogP contribution in [0, 0.1) is 0 Å². The van der Waals surface area contributed by atoms with E-state index in [0.29, 0.717) is 0 Å². The zero-order valence-corrected chi connectivity index (χ0v) is 6.97. The number of rotatable bonds is 3. The fourth-order valence-electron chi connectivity index (χ4n) is 0.0680. The van der Waals surface area contributed by atoms with E-state index in [1.807, 2.05) is 0 Å². The Morgan fingerprint density at radius 1 is 1.18 bits per heavy atom. The largest absolute Gasteiger partial charge is 0.332 e. The van der Waals surface area contributed by atoms with Crippen LogP contribution in [0.5, 0.6) is 0 Å². The Hall–Kier alpha value is -1.07. The first-order valence-electron chi connectivity index (χ1n) is 2.61. The van der Waals surface area contributed by atoms with E-state index in [0.717, 1.165) is 10.8 Å². The molecule has 64 valence electrons. The molecule has 0 saturated carbocycles. The van der Waals surface area contributed by atoms with Gasteiger partial charge in [0.25, 0.3) is 0 Å². The summed E-state index contributed by atoms with van der Waals surface area (Å²) in [5, 5.41) is 1.69. The normalized spacial score (nSPS) is 8.45. The second-order valence-electron chi connectivity index (χ2n) is 1.29. The second kappa shape index (κ2) is 7.04. The van der Waals surface area contributed by atoms with Crippen LogP contribution in [0.2, 0.25) is 0 Å². The summed E-state index contributed by atoms with van der Waals surface area (Å²) in [5.74, 6) is 4.66. The van der Waals surface area contributed by atoms with Crippen molar-refractivity contribution in [2.75, 3.05) is 0 Å². The first-order chi connectivity index (χ1) is 5.04. The van der Waals surface area contributed by atoms with Crippen LogP contribution in [0.3, 0.4) is 0 Å². The highest BCUT2D eigenvalue weighted by Crippen LogP contribution is 1.87. The number of hydrogen-bond donors (Lipinski definition) is 2. The Morgan fingerprint density at radius 3 is 1.45 bits per heavy atom. The van der Waals surface area contributed by atoms with Crippen molar-refractivity contribution < 1.29 is 8.42 Å². The lowest BCUT2D eigenvalue weighted by Gasteiger charge is -1.78. The molecule has 3 N–H and O–H groups in total. The maximum absolute atomic E-state index is 10.1. The Kier molecular flexibility index (Phi) is 8.06. The molecule has 0 aliphatic heterocycles. The molecule has 11 heavy (non-hydrogen) atoms. The molecule has 0 saturated heterocycles. The van der Waals surface area contributed by atoms with Gasteiger partial charge in [0.2, 0.25) is 0 Å². The second-order valence-corrected chi connectivity index (χ2v) is 3.14. The monoisotopic (exact) mass is 176 g/mol. The van der Waals surface area contributed by atoms with Crippen molar-refractivity contribution in [2.24, 2.45) is 5.84 Å². The molecule has 0 amide bonds. The number of hydrazine groups is 1. The maximum Gasteiger partial charge on any atom is 0.191 e. The van der Waals surface area contributed by atoms with Crippen molar-refractivity contribution in [3.63, 3.8) is 0 Å². The molecule has 0 heterocycles. The summed E-state index contributed by atoms with van der Waals surface area (Å²) in [6.45, 7) is 9.33. The first-order valence-corrected chi connectivity index (χ1v) is 4.22. The lowest BCUT2D eigenvalue weighted by atomic mass is 11.1. The van der Waals surface area contributed by atoms with Crippen LogP contribution in [-0.4, -0.2) is 8.42 Å². The average Bonchev–Trinajstić information content (AvgIpc) is 2.05. The molecule has 0 aliphatic carbocycles. The summed E-state index contributed by atoms with van der Waals surface area (Å²) in [5.41, 5.74) is 2.19. The third-order valence-electron chi connectivity index (χ3n) is 0.582. The van der Waals surface area contributed by atoms with E-state index in [2.05, 4.69) is 31.0 Å². The molecule has 5 heteroatoms. The van der Waals surface area contributed by atoms with E-state index >= 15 is 0 Å². The van der Waals surface area contributed by atoms with Crippen molar-refractivity contribution in [1.82, 2.24) is 5.43 Å². The van der Waals surface area contributed by atoms with Crippen LogP contribution in [0.4, 0.5) is 0 Å². The lowest BCUT2D eigenvalue weighted by Crippen LogP contribution is -2.11. The minimum Gasteiger partial charge on any atom is -0.332 e. The summed E-state index contributed by atoms with van der Waals surface area (Å²) in [6.07, 6.45) is 1.40. The molecule has 0 aliphatic rings. The maximum atomic E-state index is 10.1. The molecule has 0 spiro atoms. The van der Waals surface area contributed by atoms with E-state index in [4.69, 9.17) is 0 Å². The van der Waals surface area contributed by atoms with Gasteiger partial charge in [-0.05, 0) is 0 Å². The third-order valence-corrected chi connectivity index (χ3v) is 1.51. The zero-order valence-electron chi connectivity index (χ0n) is 6.16. The molecule has 4 nitrogen and oxygen atoms in total. The fourth-order valence-corrected chi connectivity index (χ4v) is 0.204. The minimum absolute atomic E-state index is 0.847. The van der Waals surface area contributed by atoms with Gasteiger partial charge in [-0.25, -0.2) is 8.42 Å². The van der Waals surface area contributed by atoms with Gasteiger partial charge in [-0.2, -0.15) is 0 Å². The van der Waals surface area contributed by atoms with Gasteiger partial charge in [0.15, 0.2) is 9.84 Å². The van der Waals surface area contributed by atoms with E-state index in [9.17, 15) is 8.42 Å². The van der Waals surface area contributed by atoms with Crippen LogP contribution in [0.25, 0.3) is 0 Å². The van der Waals surface area contributed by atoms with Crippen molar-refractivity contribution in [3.05, 3.63) is 36.8 Å². The Bertz CT molecular complexity index is 205. The van der Waals surface area contributed by atoms with Gasteiger partial charge in [0.05, 0.1) is 0 Å². The quantitative estimate of drug-likeness (QED) is 0.478. The van der Waals surface area contributed by atoms with Gasteiger partial charge < -0.3 is 5.43 Å². The van der Waals surface area contributed by atoms with Gasteiger partial charge >= 0.3 is 0 Å². The molecular formula is C6H12N2O2S. The molecule has 0 bridgehead atoms. The topological polar surface area (TPSA) is 72.2 Å². The van der Waals surface area contributed by atoms with Gasteiger partial charge in [-0.15, -0.1) is 0 Å². The summed E-state index contributed by atoms with van der Waals surface area (Å²) >= 11 is 0. The molecule has 0 aromatic carbocycles. The molecule has 0 unspecified atom stereocenters. The van der Waals surface area contributed by atoms with Crippen LogP contribution < -0.4 is 11.3 Å². The number of sulfone groups is 1. The summed E-state index contributed by atoms with van der Waals surface area (Å²) in [4.78, 5) is 0. The van der Waals surface area contributed by atoms with Crippen LogP contribution >= 0.6 is 0 Å². The lowest BCUT2D eigenvalue weighted by molar-refractivity contribution is 0.613. The van der Waals surface area contributed by atoms with Crippen LogP contribution in [0.15, 0.2) is 36.8 Å². The highest BCUT2D eigenvalue weighted by atomic mass is 32.2. The standard InChI is InChI=1S/C4H6O2S.C2H6N2/c1-3-7(5,6)4-2;1-2-4-3/h3-4H,1-2H2;2,4H,1,3H2. The van der Waals surface area contributed by atoms with Crippen molar-refractivity contribution in [1.29, 1.82) is 0 Å².